The number of nitrogens with zero attached hydrogens (tertiary/aromatic N) is 4. The van der Waals surface area contributed by atoms with Gasteiger partial charge in [-0.1, -0.05) is 0 Å². The van der Waals surface area contributed by atoms with Crippen LogP contribution in [0.1, 0.15) is 18.4 Å². The van der Waals surface area contributed by atoms with Gasteiger partial charge in [0, 0.05) is 57.1 Å². The molecule has 0 unspecified atom stereocenters. The fraction of sp³-hybridized carbons (Fsp3) is 0.435. The van der Waals surface area contributed by atoms with E-state index in [1.54, 1.807) is 22.4 Å². The van der Waals surface area contributed by atoms with Gasteiger partial charge in [-0.2, -0.15) is 5.06 Å². The molecule has 0 N–H and O–H groups in total. The average Bonchev–Trinajstić information content (AvgIpc) is 3.05. The summed E-state index contributed by atoms with van der Waals surface area (Å²) in [6.07, 6.45) is -1.99. The summed E-state index contributed by atoms with van der Waals surface area (Å²) in [5.74, 6) is -2.96. The van der Waals surface area contributed by atoms with Gasteiger partial charge >= 0.3 is 6.09 Å². The molecule has 0 saturated carbocycles. The van der Waals surface area contributed by atoms with Crippen molar-refractivity contribution in [3.63, 3.8) is 0 Å². The quantitative estimate of drug-likeness (QED) is 0.518. The Morgan fingerprint density at radius 2 is 1.83 bits per heavy atom. The monoisotopic (exact) mass is 496 g/mol. The fourth-order valence-corrected chi connectivity index (χ4v) is 4.03. The van der Waals surface area contributed by atoms with E-state index in [2.05, 4.69) is 4.98 Å². The molecule has 188 valence electrons. The van der Waals surface area contributed by atoms with Crippen molar-refractivity contribution in [3.05, 3.63) is 53.9 Å². The van der Waals surface area contributed by atoms with E-state index in [-0.39, 0.29) is 37.5 Å². The molecule has 0 aliphatic carbocycles. The maximum atomic E-state index is 15.0. The third kappa shape index (κ3) is 6.06. The normalized spacial score (nSPS) is 19.2. The molecule has 0 spiro atoms. The van der Waals surface area contributed by atoms with Crippen LogP contribution in [0.15, 0.2) is 36.7 Å². The molecule has 2 aliphatic heterocycles. The minimum Gasteiger partial charge on any atom is -0.444 e. The van der Waals surface area contributed by atoms with Crippen molar-refractivity contribution in [2.24, 2.45) is 0 Å². The lowest BCUT2D eigenvalue weighted by molar-refractivity contribution is -0.154. The van der Waals surface area contributed by atoms with Crippen LogP contribution in [0.4, 0.5) is 33.7 Å². The first kappa shape index (κ1) is 24.9. The van der Waals surface area contributed by atoms with E-state index >= 15 is 8.78 Å². The summed E-state index contributed by atoms with van der Waals surface area (Å²) in [5, 5.41) is 1.72. The fourth-order valence-electron chi connectivity index (χ4n) is 4.03. The van der Waals surface area contributed by atoms with Crippen LogP contribution >= 0.6 is 0 Å². The number of Topliss-reactive ketones (excluding diaryl/α,β-unsaturated/α-hetero) is 1. The molecule has 2 saturated heterocycles. The van der Waals surface area contributed by atoms with Gasteiger partial charge in [-0.05, 0) is 24.1 Å². The van der Waals surface area contributed by atoms with Crippen LogP contribution in [0.2, 0.25) is 0 Å². The maximum absolute atomic E-state index is 15.0. The van der Waals surface area contributed by atoms with Crippen LogP contribution in [0.5, 0.6) is 0 Å². The largest absolute Gasteiger partial charge is 0.444 e. The molecule has 35 heavy (non-hydrogen) atoms. The van der Waals surface area contributed by atoms with Gasteiger partial charge in [0.05, 0.1) is 18.8 Å². The summed E-state index contributed by atoms with van der Waals surface area (Å²) in [6, 6.07) is 5.78. The Hall–Kier alpha value is -3.25. The molecule has 3 heterocycles. The second-order valence-corrected chi connectivity index (χ2v) is 8.22. The standard InChI is InChI=1S/C23H24F4N4O4/c24-18-11-16(31-14-17(35-23(31)33)1-2-20(32)22(26)27)12-19(25)21(18)29-7-8-30(34-10-9-29)13-15-3-5-28-6-4-15/h3-6,11-12,17,22H,1-2,7-10,13-14H2/t17-/m0/s1. The second kappa shape index (κ2) is 11.0. The summed E-state index contributed by atoms with van der Waals surface area (Å²) in [4.78, 5) is 35.6. The van der Waals surface area contributed by atoms with Gasteiger partial charge in [-0.3, -0.25) is 19.5 Å². The highest BCUT2D eigenvalue weighted by Crippen LogP contribution is 2.32. The number of halogens is 4. The molecule has 8 nitrogen and oxygen atoms in total. The van der Waals surface area contributed by atoms with Crippen molar-refractivity contribution < 1.29 is 36.7 Å². The molecule has 1 aromatic carbocycles. The van der Waals surface area contributed by atoms with Gasteiger partial charge in [0.25, 0.3) is 6.43 Å². The predicted octanol–water partition coefficient (Wildman–Crippen LogP) is 3.55. The number of carbonyl (C=O) groups is 2. The Kier molecular flexibility index (Phi) is 7.81. The molecule has 1 aromatic heterocycles. The highest BCUT2D eigenvalue weighted by Gasteiger charge is 2.34. The third-order valence-corrected chi connectivity index (χ3v) is 5.82. The zero-order valence-electron chi connectivity index (χ0n) is 18.7. The molecular formula is C23H24F4N4O4. The molecule has 0 bridgehead atoms. The number of hydrogen-bond donors (Lipinski definition) is 0. The number of rotatable bonds is 8. The molecule has 0 radical (unpaired) electrons. The summed E-state index contributed by atoms with van der Waals surface area (Å²) >= 11 is 0. The van der Waals surface area contributed by atoms with Crippen molar-refractivity contribution in [2.45, 2.75) is 31.9 Å². The number of carbonyl (C=O) groups excluding carboxylic acids is 2. The summed E-state index contributed by atoms with van der Waals surface area (Å²) in [6.45, 7) is 1.59. The Morgan fingerprint density at radius 3 is 2.51 bits per heavy atom. The van der Waals surface area contributed by atoms with Crippen LogP contribution in [-0.2, 0) is 20.9 Å². The van der Waals surface area contributed by atoms with E-state index < -0.39 is 42.5 Å². The van der Waals surface area contributed by atoms with Crippen molar-refractivity contribution in [1.29, 1.82) is 0 Å². The minimum atomic E-state index is -3.09. The Bertz CT molecular complexity index is 1040. The van der Waals surface area contributed by atoms with Crippen LogP contribution < -0.4 is 9.80 Å². The molecule has 2 fully saturated rings. The number of aromatic nitrogens is 1. The average molecular weight is 496 g/mol. The number of alkyl halides is 2. The lowest BCUT2D eigenvalue weighted by Crippen LogP contribution is -2.32. The molecule has 4 rings (SSSR count). The number of cyclic esters (lactones) is 1. The molecule has 2 aliphatic rings. The summed E-state index contributed by atoms with van der Waals surface area (Å²) < 4.78 is 59.9. The summed E-state index contributed by atoms with van der Waals surface area (Å²) in [7, 11) is 0. The predicted molar refractivity (Wildman–Crippen MR) is 117 cm³/mol. The Labute approximate surface area is 199 Å². The lowest BCUT2D eigenvalue weighted by atomic mass is 10.1. The van der Waals surface area contributed by atoms with Crippen molar-refractivity contribution >= 4 is 23.3 Å². The van der Waals surface area contributed by atoms with Gasteiger partial charge in [0.1, 0.15) is 11.8 Å². The van der Waals surface area contributed by atoms with Crippen molar-refractivity contribution in [1.82, 2.24) is 10.0 Å². The summed E-state index contributed by atoms with van der Waals surface area (Å²) in [5.41, 5.74) is 0.709. The van der Waals surface area contributed by atoms with Crippen LogP contribution in [0.25, 0.3) is 0 Å². The zero-order chi connectivity index (χ0) is 24.9. The van der Waals surface area contributed by atoms with Gasteiger partial charge in [-0.25, -0.2) is 22.4 Å². The number of anilines is 2. The van der Waals surface area contributed by atoms with Crippen LogP contribution in [0.3, 0.4) is 0 Å². The zero-order valence-corrected chi connectivity index (χ0v) is 18.7. The maximum Gasteiger partial charge on any atom is 0.414 e. The third-order valence-electron chi connectivity index (χ3n) is 5.82. The Balaban J connectivity index is 1.40. The molecule has 12 heteroatoms. The SMILES string of the molecule is O=C(CC[C@H]1CN(c2cc(F)c(N3CCON(Cc4ccncc4)CC3)c(F)c2)C(=O)O1)C(F)F. The number of ketones is 1. The first-order chi connectivity index (χ1) is 16.8. The van der Waals surface area contributed by atoms with E-state index in [1.807, 2.05) is 12.1 Å². The van der Waals surface area contributed by atoms with E-state index in [9.17, 15) is 18.4 Å². The lowest BCUT2D eigenvalue weighted by Gasteiger charge is -2.24. The molecule has 1 atom stereocenters. The van der Waals surface area contributed by atoms with E-state index in [0.717, 1.165) is 22.6 Å². The smallest absolute Gasteiger partial charge is 0.414 e. The number of amides is 1. The number of pyridine rings is 1. The van der Waals surface area contributed by atoms with Gasteiger partial charge < -0.3 is 9.64 Å². The van der Waals surface area contributed by atoms with Gasteiger partial charge in [0.15, 0.2) is 17.4 Å². The highest BCUT2D eigenvalue weighted by molar-refractivity contribution is 5.90. The van der Waals surface area contributed by atoms with Crippen LogP contribution in [0, 0.1) is 11.6 Å². The number of hydrogen-bond acceptors (Lipinski definition) is 7. The first-order valence-corrected chi connectivity index (χ1v) is 11.1. The number of hydroxylamine groups is 2. The topological polar surface area (TPSA) is 75.2 Å². The van der Waals surface area contributed by atoms with E-state index in [4.69, 9.17) is 9.57 Å². The van der Waals surface area contributed by atoms with E-state index in [1.165, 1.54) is 0 Å². The molecular weight excluding hydrogens is 472 g/mol. The van der Waals surface area contributed by atoms with Gasteiger partial charge in [0.2, 0.25) is 0 Å². The highest BCUT2D eigenvalue weighted by atomic mass is 19.3. The van der Waals surface area contributed by atoms with E-state index in [0.29, 0.717) is 19.6 Å². The molecule has 2 aromatic rings. The number of ether oxygens (including phenoxy) is 1. The van der Waals surface area contributed by atoms with Gasteiger partial charge in [-0.15, -0.1) is 0 Å². The molecule has 1 amide bonds. The second-order valence-electron chi connectivity index (χ2n) is 8.22. The first-order valence-electron chi connectivity index (χ1n) is 11.1. The minimum absolute atomic E-state index is 0.0539. The number of benzene rings is 1. The van der Waals surface area contributed by atoms with Crippen molar-refractivity contribution in [2.75, 3.05) is 42.6 Å². The van der Waals surface area contributed by atoms with Crippen molar-refractivity contribution in [3.8, 4) is 0 Å². The van der Waals surface area contributed by atoms with Crippen LogP contribution in [-0.4, -0.2) is 67.2 Å². The Morgan fingerprint density at radius 1 is 1.11 bits per heavy atom.